The van der Waals surface area contributed by atoms with Crippen LogP contribution in [0.25, 0.3) is 6.08 Å². The van der Waals surface area contributed by atoms with E-state index >= 15 is 0 Å². The van der Waals surface area contributed by atoms with Gasteiger partial charge in [0.05, 0.1) is 0 Å². The second-order valence-electron chi connectivity index (χ2n) is 5.34. The van der Waals surface area contributed by atoms with Gasteiger partial charge in [0.1, 0.15) is 6.04 Å². The van der Waals surface area contributed by atoms with Crippen LogP contribution in [0.1, 0.15) is 50.7 Å². The van der Waals surface area contributed by atoms with E-state index in [2.05, 4.69) is 19.2 Å². The van der Waals surface area contributed by atoms with E-state index < -0.39 is 12.0 Å². The van der Waals surface area contributed by atoms with Crippen LogP contribution >= 0.6 is 0 Å². The van der Waals surface area contributed by atoms with Crippen molar-refractivity contribution < 1.29 is 14.7 Å². The number of hydrogen-bond donors (Lipinski definition) is 2. The van der Waals surface area contributed by atoms with E-state index in [0.717, 1.165) is 5.56 Å². The third kappa shape index (κ3) is 5.81. The molecule has 0 aliphatic carbocycles. The van der Waals surface area contributed by atoms with Crippen LogP contribution in [0.4, 0.5) is 0 Å². The molecule has 114 valence electrons. The van der Waals surface area contributed by atoms with E-state index in [1.165, 1.54) is 11.6 Å². The van der Waals surface area contributed by atoms with Crippen molar-refractivity contribution in [3.05, 3.63) is 41.5 Å². The molecule has 0 aliphatic rings. The van der Waals surface area contributed by atoms with Gasteiger partial charge in [-0.05, 0) is 29.5 Å². The van der Waals surface area contributed by atoms with E-state index in [1.54, 1.807) is 6.08 Å². The Balaban J connectivity index is 2.62. The van der Waals surface area contributed by atoms with E-state index in [0.29, 0.717) is 18.8 Å². The highest BCUT2D eigenvalue weighted by Crippen LogP contribution is 2.15. The second kappa shape index (κ2) is 8.25. The third-order valence-corrected chi connectivity index (χ3v) is 3.22. The number of carboxylic acid groups (broad SMARTS) is 1. The summed E-state index contributed by atoms with van der Waals surface area (Å²) >= 11 is 0. The van der Waals surface area contributed by atoms with Gasteiger partial charge in [0.2, 0.25) is 5.91 Å². The van der Waals surface area contributed by atoms with Gasteiger partial charge in [-0.2, -0.15) is 0 Å². The van der Waals surface area contributed by atoms with Crippen LogP contribution in [-0.2, 0) is 9.59 Å². The van der Waals surface area contributed by atoms with Gasteiger partial charge in [-0.3, -0.25) is 4.79 Å². The summed E-state index contributed by atoms with van der Waals surface area (Å²) in [5.41, 5.74) is 2.16. The lowest BCUT2D eigenvalue weighted by molar-refractivity contribution is -0.141. The van der Waals surface area contributed by atoms with Crippen molar-refractivity contribution in [3.63, 3.8) is 0 Å². The molecule has 1 atom stereocenters. The first-order chi connectivity index (χ1) is 9.93. The smallest absolute Gasteiger partial charge is 0.326 e. The summed E-state index contributed by atoms with van der Waals surface area (Å²) in [5, 5.41) is 11.5. The minimum absolute atomic E-state index is 0.385. The van der Waals surface area contributed by atoms with Crippen LogP contribution in [-0.4, -0.2) is 23.0 Å². The Labute approximate surface area is 125 Å². The summed E-state index contributed by atoms with van der Waals surface area (Å²) in [6.45, 7) is 6.13. The SMILES string of the molecule is CCC[C@@H](NC(=O)/C=C/c1ccc(C(C)C)cc1)C(=O)O. The van der Waals surface area contributed by atoms with Gasteiger partial charge in [0, 0.05) is 6.08 Å². The molecule has 0 fully saturated rings. The van der Waals surface area contributed by atoms with E-state index in [-0.39, 0.29) is 5.91 Å². The fourth-order valence-corrected chi connectivity index (χ4v) is 1.93. The van der Waals surface area contributed by atoms with Crippen LogP contribution in [0.5, 0.6) is 0 Å². The number of amides is 1. The average Bonchev–Trinajstić information content (AvgIpc) is 2.45. The van der Waals surface area contributed by atoms with E-state index in [1.807, 2.05) is 31.2 Å². The zero-order valence-corrected chi connectivity index (χ0v) is 12.8. The lowest BCUT2D eigenvalue weighted by atomic mass is 10.0. The molecule has 4 nitrogen and oxygen atoms in total. The minimum atomic E-state index is -1.00. The lowest BCUT2D eigenvalue weighted by Gasteiger charge is -2.11. The van der Waals surface area contributed by atoms with Crippen molar-refractivity contribution in [2.24, 2.45) is 0 Å². The van der Waals surface area contributed by atoms with Gasteiger partial charge < -0.3 is 10.4 Å². The van der Waals surface area contributed by atoms with Crippen molar-refractivity contribution in [2.45, 2.75) is 45.6 Å². The Morgan fingerprint density at radius 3 is 2.33 bits per heavy atom. The fraction of sp³-hybridized carbons (Fsp3) is 0.412. The minimum Gasteiger partial charge on any atom is -0.480 e. The van der Waals surface area contributed by atoms with Crippen molar-refractivity contribution in [1.82, 2.24) is 5.32 Å². The molecule has 2 N–H and O–H groups in total. The molecular formula is C17H23NO3. The number of aliphatic carboxylic acids is 1. The Hall–Kier alpha value is -2.10. The van der Waals surface area contributed by atoms with Crippen LogP contribution in [0.2, 0.25) is 0 Å². The fourth-order valence-electron chi connectivity index (χ4n) is 1.93. The first-order valence-electron chi connectivity index (χ1n) is 7.25. The van der Waals surface area contributed by atoms with Gasteiger partial charge in [0.15, 0.2) is 0 Å². The van der Waals surface area contributed by atoms with Gasteiger partial charge in [-0.15, -0.1) is 0 Å². The van der Waals surface area contributed by atoms with Crippen LogP contribution in [0.15, 0.2) is 30.3 Å². The molecule has 0 spiro atoms. The topological polar surface area (TPSA) is 66.4 Å². The predicted molar refractivity (Wildman–Crippen MR) is 84.0 cm³/mol. The molecule has 0 aliphatic heterocycles. The van der Waals surface area contributed by atoms with E-state index in [9.17, 15) is 9.59 Å². The zero-order chi connectivity index (χ0) is 15.8. The molecule has 1 aromatic carbocycles. The summed E-state index contributed by atoms with van der Waals surface area (Å²) in [6, 6.07) is 7.12. The van der Waals surface area contributed by atoms with Crippen molar-refractivity contribution in [3.8, 4) is 0 Å². The highest BCUT2D eigenvalue weighted by molar-refractivity contribution is 5.94. The first-order valence-corrected chi connectivity index (χ1v) is 7.25. The molecule has 0 heterocycles. The molecule has 0 unspecified atom stereocenters. The summed E-state index contributed by atoms with van der Waals surface area (Å²) in [7, 11) is 0. The molecule has 4 heteroatoms. The van der Waals surface area contributed by atoms with Crippen molar-refractivity contribution >= 4 is 18.0 Å². The maximum atomic E-state index is 11.7. The molecule has 1 aromatic rings. The predicted octanol–water partition coefficient (Wildman–Crippen LogP) is 3.19. The molecule has 1 rings (SSSR count). The number of carboxylic acids is 1. The van der Waals surface area contributed by atoms with Crippen LogP contribution < -0.4 is 5.32 Å². The Bertz CT molecular complexity index is 503. The molecule has 0 bridgehead atoms. The van der Waals surface area contributed by atoms with Gasteiger partial charge >= 0.3 is 5.97 Å². The molecule has 0 saturated carbocycles. The first kappa shape index (κ1) is 17.0. The maximum absolute atomic E-state index is 11.7. The van der Waals surface area contributed by atoms with Crippen LogP contribution in [0, 0.1) is 0 Å². The number of hydrogen-bond acceptors (Lipinski definition) is 2. The summed E-state index contributed by atoms with van der Waals surface area (Å²) < 4.78 is 0. The lowest BCUT2D eigenvalue weighted by Crippen LogP contribution is -2.39. The van der Waals surface area contributed by atoms with Gasteiger partial charge in [0.25, 0.3) is 0 Å². The quantitative estimate of drug-likeness (QED) is 0.758. The largest absolute Gasteiger partial charge is 0.480 e. The summed E-state index contributed by atoms with van der Waals surface area (Å²) in [4.78, 5) is 22.7. The zero-order valence-electron chi connectivity index (χ0n) is 12.8. The van der Waals surface area contributed by atoms with Gasteiger partial charge in [-0.1, -0.05) is 51.5 Å². The highest BCUT2D eigenvalue weighted by Gasteiger charge is 2.17. The van der Waals surface area contributed by atoms with Crippen molar-refractivity contribution in [2.75, 3.05) is 0 Å². The molecule has 0 radical (unpaired) electrons. The van der Waals surface area contributed by atoms with Gasteiger partial charge in [-0.25, -0.2) is 4.79 Å². The number of benzene rings is 1. The molecule has 1 amide bonds. The second-order valence-corrected chi connectivity index (χ2v) is 5.34. The Morgan fingerprint density at radius 1 is 1.24 bits per heavy atom. The van der Waals surface area contributed by atoms with Crippen LogP contribution in [0.3, 0.4) is 0 Å². The monoisotopic (exact) mass is 289 g/mol. The highest BCUT2D eigenvalue weighted by atomic mass is 16.4. The number of nitrogens with one attached hydrogen (secondary N) is 1. The standard InChI is InChI=1S/C17H23NO3/c1-4-5-15(17(20)21)18-16(19)11-8-13-6-9-14(10-7-13)12(2)3/h6-12,15H,4-5H2,1-3H3,(H,18,19)(H,20,21)/b11-8+/t15-/m1/s1. The number of carbonyl (C=O) groups excluding carboxylic acids is 1. The Kier molecular flexibility index (Phi) is 6.66. The maximum Gasteiger partial charge on any atom is 0.326 e. The summed E-state index contributed by atoms with van der Waals surface area (Å²) in [6.07, 6.45) is 4.19. The molecule has 0 aromatic heterocycles. The van der Waals surface area contributed by atoms with E-state index in [4.69, 9.17) is 5.11 Å². The molecule has 0 saturated heterocycles. The normalized spacial score (nSPS) is 12.6. The number of carbonyl (C=O) groups is 2. The molecule has 21 heavy (non-hydrogen) atoms. The third-order valence-electron chi connectivity index (χ3n) is 3.22. The Morgan fingerprint density at radius 2 is 1.86 bits per heavy atom. The number of rotatable bonds is 7. The molecular weight excluding hydrogens is 266 g/mol. The summed E-state index contributed by atoms with van der Waals surface area (Å²) in [5.74, 6) is -0.916. The van der Waals surface area contributed by atoms with Crippen molar-refractivity contribution in [1.29, 1.82) is 0 Å². The average molecular weight is 289 g/mol.